The second kappa shape index (κ2) is 3.21. The Kier molecular flexibility index (Phi) is 2.01. The molecule has 0 saturated carbocycles. The molecule has 2 aromatic heterocycles. The van der Waals surface area contributed by atoms with Crippen LogP contribution in [0.3, 0.4) is 0 Å². The van der Waals surface area contributed by atoms with Crippen molar-refractivity contribution in [2.24, 2.45) is 7.05 Å². The molecule has 4 nitrogen and oxygen atoms in total. The number of fused-ring (bicyclic) bond motifs is 1. The third kappa shape index (κ3) is 1.21. The van der Waals surface area contributed by atoms with Crippen LogP contribution in [0.1, 0.15) is 11.1 Å². The van der Waals surface area contributed by atoms with Crippen molar-refractivity contribution in [2.45, 2.75) is 6.92 Å². The fourth-order valence-corrected chi connectivity index (χ4v) is 1.64. The van der Waals surface area contributed by atoms with Crippen molar-refractivity contribution in [3.05, 3.63) is 39.8 Å². The van der Waals surface area contributed by atoms with Crippen LogP contribution in [-0.4, -0.2) is 9.55 Å². The molecule has 0 amide bonds. The molecule has 0 fully saturated rings. The number of rotatable bonds is 0. The van der Waals surface area contributed by atoms with Crippen LogP contribution in [0.5, 0.6) is 0 Å². The number of aryl methyl sites for hydroxylation is 2. The van der Waals surface area contributed by atoms with Gasteiger partial charge in [-0.1, -0.05) is 0 Å². The van der Waals surface area contributed by atoms with Crippen LogP contribution in [0.4, 0.5) is 0 Å². The van der Waals surface area contributed by atoms with Gasteiger partial charge in [-0.2, -0.15) is 5.26 Å². The molecule has 2 aromatic rings. The van der Waals surface area contributed by atoms with Gasteiger partial charge in [0, 0.05) is 18.8 Å². The van der Waals surface area contributed by atoms with Gasteiger partial charge in [0.1, 0.15) is 11.6 Å². The topological polar surface area (TPSA) is 58.7 Å². The number of aromatic nitrogens is 2. The highest BCUT2D eigenvalue weighted by Gasteiger charge is 2.11. The lowest BCUT2D eigenvalue weighted by Gasteiger charge is -2.07. The lowest BCUT2D eigenvalue weighted by molar-refractivity contribution is 0.893. The van der Waals surface area contributed by atoms with E-state index in [4.69, 9.17) is 5.26 Å². The van der Waals surface area contributed by atoms with Crippen molar-refractivity contribution in [2.75, 3.05) is 0 Å². The summed E-state index contributed by atoms with van der Waals surface area (Å²) in [5.41, 5.74) is 2.01. The summed E-state index contributed by atoms with van der Waals surface area (Å²) in [5, 5.41) is 8.89. The normalized spacial score (nSPS) is 10.2. The molecular formula is C11H9N3O. The molecule has 74 valence electrons. The first kappa shape index (κ1) is 9.41. The van der Waals surface area contributed by atoms with Gasteiger partial charge >= 0.3 is 0 Å². The lowest BCUT2D eigenvalue weighted by Crippen LogP contribution is -2.21. The Morgan fingerprint density at radius 3 is 2.93 bits per heavy atom. The van der Waals surface area contributed by atoms with Gasteiger partial charge in [-0.05, 0) is 19.1 Å². The summed E-state index contributed by atoms with van der Waals surface area (Å²) in [4.78, 5) is 15.9. The van der Waals surface area contributed by atoms with Crippen molar-refractivity contribution >= 4 is 11.0 Å². The number of nitrogens with zero attached hydrogens (tertiary/aromatic N) is 3. The van der Waals surface area contributed by atoms with E-state index < -0.39 is 0 Å². The van der Waals surface area contributed by atoms with E-state index in [1.54, 1.807) is 26.2 Å². The zero-order chi connectivity index (χ0) is 11.0. The number of pyridine rings is 2. The molecule has 2 heterocycles. The van der Waals surface area contributed by atoms with Gasteiger partial charge in [0.25, 0.3) is 5.56 Å². The van der Waals surface area contributed by atoms with Gasteiger partial charge in [-0.3, -0.25) is 9.78 Å². The zero-order valence-electron chi connectivity index (χ0n) is 8.48. The van der Waals surface area contributed by atoms with E-state index in [1.165, 1.54) is 4.57 Å². The van der Waals surface area contributed by atoms with E-state index in [0.717, 1.165) is 5.52 Å². The second-order valence-electron chi connectivity index (χ2n) is 3.35. The van der Waals surface area contributed by atoms with Crippen LogP contribution in [0, 0.1) is 18.3 Å². The number of hydrogen-bond donors (Lipinski definition) is 0. The Labute approximate surface area is 86.4 Å². The van der Waals surface area contributed by atoms with E-state index in [-0.39, 0.29) is 11.1 Å². The Hall–Kier alpha value is -2.15. The Balaban J connectivity index is 3.12. The van der Waals surface area contributed by atoms with Gasteiger partial charge in [0.15, 0.2) is 0 Å². The second-order valence-corrected chi connectivity index (χ2v) is 3.35. The molecule has 0 saturated heterocycles. The first-order valence-corrected chi connectivity index (χ1v) is 4.51. The molecule has 0 bridgehead atoms. The van der Waals surface area contributed by atoms with Crippen LogP contribution in [0.25, 0.3) is 11.0 Å². The number of nitriles is 1. The SMILES string of the molecule is Cc1c(C#N)c(=O)n(C)c2cccnc12. The predicted octanol–water partition coefficient (Wildman–Crippen LogP) is 1.11. The molecule has 0 spiro atoms. The molecule has 15 heavy (non-hydrogen) atoms. The Morgan fingerprint density at radius 2 is 2.27 bits per heavy atom. The van der Waals surface area contributed by atoms with Gasteiger partial charge in [-0.15, -0.1) is 0 Å². The molecule has 0 N–H and O–H groups in total. The monoisotopic (exact) mass is 199 g/mol. The highest BCUT2D eigenvalue weighted by Crippen LogP contribution is 2.14. The smallest absolute Gasteiger partial charge is 0.269 e. The minimum atomic E-state index is -0.268. The third-order valence-electron chi connectivity index (χ3n) is 2.51. The van der Waals surface area contributed by atoms with Gasteiger partial charge in [0.05, 0.1) is 11.0 Å². The van der Waals surface area contributed by atoms with Crippen LogP contribution in [0.2, 0.25) is 0 Å². The van der Waals surface area contributed by atoms with Gasteiger partial charge in [0.2, 0.25) is 0 Å². The molecule has 2 rings (SSSR count). The summed E-state index contributed by atoms with van der Waals surface area (Å²) in [6.07, 6.45) is 1.65. The average Bonchev–Trinajstić information content (AvgIpc) is 2.27. The molecule has 0 aliphatic carbocycles. The molecule has 0 atom stereocenters. The molecule has 0 unspecified atom stereocenters. The average molecular weight is 199 g/mol. The molecule has 0 aromatic carbocycles. The fourth-order valence-electron chi connectivity index (χ4n) is 1.64. The van der Waals surface area contributed by atoms with Crippen molar-refractivity contribution < 1.29 is 0 Å². The van der Waals surface area contributed by atoms with Crippen LogP contribution in [-0.2, 0) is 7.05 Å². The maximum Gasteiger partial charge on any atom is 0.269 e. The van der Waals surface area contributed by atoms with Crippen molar-refractivity contribution in [3.8, 4) is 6.07 Å². The Bertz CT molecular complexity index is 635. The van der Waals surface area contributed by atoms with Crippen molar-refractivity contribution in [1.82, 2.24) is 9.55 Å². The van der Waals surface area contributed by atoms with Crippen molar-refractivity contribution in [1.29, 1.82) is 5.26 Å². The van der Waals surface area contributed by atoms with E-state index >= 15 is 0 Å². The summed E-state index contributed by atoms with van der Waals surface area (Å²) in [6.45, 7) is 1.75. The summed E-state index contributed by atoms with van der Waals surface area (Å²) in [6, 6.07) is 5.51. The van der Waals surface area contributed by atoms with Crippen LogP contribution in [0.15, 0.2) is 23.1 Å². The minimum Gasteiger partial charge on any atom is -0.309 e. The Morgan fingerprint density at radius 1 is 1.53 bits per heavy atom. The molecule has 0 radical (unpaired) electrons. The first-order chi connectivity index (χ1) is 7.16. The summed E-state index contributed by atoms with van der Waals surface area (Å²) >= 11 is 0. The largest absolute Gasteiger partial charge is 0.309 e. The van der Waals surface area contributed by atoms with Crippen LogP contribution < -0.4 is 5.56 Å². The molecule has 0 aliphatic heterocycles. The fraction of sp³-hybridized carbons (Fsp3) is 0.182. The van der Waals surface area contributed by atoms with Gasteiger partial charge in [-0.25, -0.2) is 0 Å². The highest BCUT2D eigenvalue weighted by molar-refractivity contribution is 5.79. The predicted molar refractivity (Wildman–Crippen MR) is 56.4 cm³/mol. The van der Waals surface area contributed by atoms with Crippen molar-refractivity contribution in [3.63, 3.8) is 0 Å². The summed E-state index contributed by atoms with van der Waals surface area (Å²) in [7, 11) is 1.65. The molecule has 4 heteroatoms. The quantitative estimate of drug-likeness (QED) is 0.638. The summed E-state index contributed by atoms with van der Waals surface area (Å²) in [5.74, 6) is 0. The third-order valence-corrected chi connectivity index (χ3v) is 2.51. The number of hydrogen-bond acceptors (Lipinski definition) is 3. The summed E-state index contributed by atoms with van der Waals surface area (Å²) < 4.78 is 1.45. The van der Waals surface area contributed by atoms with Crippen LogP contribution >= 0.6 is 0 Å². The standard InChI is InChI=1S/C11H9N3O/c1-7-8(6-12)11(15)14(2)9-4-3-5-13-10(7)9/h3-5H,1-2H3. The minimum absolute atomic E-state index is 0.170. The van der Waals surface area contributed by atoms with E-state index in [1.807, 2.05) is 12.1 Å². The maximum atomic E-state index is 11.7. The first-order valence-electron chi connectivity index (χ1n) is 4.51. The molecule has 0 aliphatic rings. The maximum absolute atomic E-state index is 11.7. The molecular weight excluding hydrogens is 190 g/mol. The van der Waals surface area contributed by atoms with E-state index in [9.17, 15) is 4.79 Å². The zero-order valence-corrected chi connectivity index (χ0v) is 8.48. The van der Waals surface area contributed by atoms with Gasteiger partial charge < -0.3 is 4.57 Å². The highest BCUT2D eigenvalue weighted by atomic mass is 16.1. The lowest BCUT2D eigenvalue weighted by atomic mass is 10.1. The van der Waals surface area contributed by atoms with E-state index in [2.05, 4.69) is 4.98 Å². The van der Waals surface area contributed by atoms with E-state index in [0.29, 0.717) is 11.1 Å².